The Balaban J connectivity index is 2.28. The second-order valence-corrected chi connectivity index (χ2v) is 7.48. The molecule has 1 aromatic rings. The number of carbonyl (C=O) groups is 1. The molecule has 2 unspecified atom stereocenters. The summed E-state index contributed by atoms with van der Waals surface area (Å²) in [7, 11) is 0. The fourth-order valence-corrected chi connectivity index (χ4v) is 2.53. The second kappa shape index (κ2) is 6.29. The summed E-state index contributed by atoms with van der Waals surface area (Å²) in [5.74, 6) is 1.28. The zero-order chi connectivity index (χ0) is 16.5. The summed E-state index contributed by atoms with van der Waals surface area (Å²) in [6.45, 7) is 10.6. The summed E-state index contributed by atoms with van der Waals surface area (Å²) in [6.07, 6.45) is 0.787. The van der Waals surface area contributed by atoms with E-state index in [-0.39, 0.29) is 18.0 Å². The van der Waals surface area contributed by atoms with E-state index in [1.807, 2.05) is 32.9 Å². The third-order valence-corrected chi connectivity index (χ3v) is 4.16. The Morgan fingerprint density at radius 2 is 2.05 bits per heavy atom. The molecule has 0 fully saturated rings. The average Bonchev–Trinajstić information content (AvgIpc) is 2.45. The van der Waals surface area contributed by atoms with E-state index in [9.17, 15) is 4.79 Å². The molecule has 22 heavy (non-hydrogen) atoms. The van der Waals surface area contributed by atoms with E-state index >= 15 is 0 Å². The molecule has 0 radical (unpaired) electrons. The zero-order valence-electron chi connectivity index (χ0n) is 14.3. The Kier molecular flexibility index (Phi) is 4.81. The van der Waals surface area contributed by atoms with E-state index in [0.717, 1.165) is 23.3 Å². The fraction of sp³-hybridized carbons (Fsp3) is 0.611. The molecule has 1 aliphatic rings. The summed E-state index contributed by atoms with van der Waals surface area (Å²) in [5, 5.41) is 3.15. The number of nitrogens with two attached hydrogens (primary N) is 1. The molecule has 0 aliphatic carbocycles. The summed E-state index contributed by atoms with van der Waals surface area (Å²) in [6, 6.07) is 6.08. The molecular formula is C18H28N2O2. The van der Waals surface area contributed by atoms with Crippen molar-refractivity contribution in [2.24, 2.45) is 17.1 Å². The molecular weight excluding hydrogens is 276 g/mol. The van der Waals surface area contributed by atoms with Crippen molar-refractivity contribution in [1.29, 1.82) is 0 Å². The highest BCUT2D eigenvalue weighted by Gasteiger charge is 2.28. The maximum Gasteiger partial charge on any atom is 0.225 e. The Bertz CT molecular complexity index is 547. The first kappa shape index (κ1) is 16.8. The summed E-state index contributed by atoms with van der Waals surface area (Å²) >= 11 is 0. The molecule has 4 nitrogen and oxygen atoms in total. The molecule has 1 aromatic carbocycles. The van der Waals surface area contributed by atoms with E-state index < -0.39 is 5.41 Å². The molecule has 122 valence electrons. The van der Waals surface area contributed by atoms with Gasteiger partial charge in [-0.1, -0.05) is 40.7 Å². The van der Waals surface area contributed by atoms with Gasteiger partial charge in [-0.2, -0.15) is 0 Å². The van der Waals surface area contributed by atoms with Crippen LogP contribution in [0.2, 0.25) is 0 Å². The molecule has 4 heteroatoms. The number of amides is 1. The van der Waals surface area contributed by atoms with Crippen molar-refractivity contribution < 1.29 is 9.53 Å². The van der Waals surface area contributed by atoms with Gasteiger partial charge in [-0.15, -0.1) is 0 Å². The predicted octanol–water partition coefficient (Wildman–Crippen LogP) is 3.33. The SMILES string of the molecule is CC(C)C(N)c1ccc2c(c1)C(NC(=O)C(C)(C)C)CCO2. The molecule has 1 aliphatic heterocycles. The maximum absolute atomic E-state index is 12.3. The lowest BCUT2D eigenvalue weighted by Crippen LogP contribution is -2.39. The minimum atomic E-state index is -0.398. The lowest BCUT2D eigenvalue weighted by molar-refractivity contribution is -0.129. The van der Waals surface area contributed by atoms with Crippen molar-refractivity contribution in [3.8, 4) is 5.75 Å². The van der Waals surface area contributed by atoms with Crippen molar-refractivity contribution in [3.63, 3.8) is 0 Å². The van der Waals surface area contributed by atoms with Crippen LogP contribution in [0.5, 0.6) is 5.75 Å². The van der Waals surface area contributed by atoms with Crippen LogP contribution in [-0.2, 0) is 4.79 Å². The second-order valence-electron chi connectivity index (χ2n) is 7.48. The van der Waals surface area contributed by atoms with Crippen LogP contribution in [0.15, 0.2) is 18.2 Å². The number of carbonyl (C=O) groups excluding carboxylic acids is 1. The zero-order valence-corrected chi connectivity index (χ0v) is 14.3. The summed E-state index contributed by atoms with van der Waals surface area (Å²) < 4.78 is 5.72. The van der Waals surface area contributed by atoms with Crippen LogP contribution in [0.1, 0.15) is 64.3 Å². The number of benzene rings is 1. The average molecular weight is 304 g/mol. The standard InChI is InChI=1S/C18H28N2O2/c1-11(2)16(19)12-6-7-15-13(10-12)14(8-9-22-15)20-17(21)18(3,4)5/h6-7,10-11,14,16H,8-9,19H2,1-5H3,(H,20,21). The van der Waals surface area contributed by atoms with E-state index in [2.05, 4.69) is 25.2 Å². The molecule has 0 saturated carbocycles. The van der Waals surface area contributed by atoms with Gasteiger partial charge in [-0.05, 0) is 23.6 Å². The number of nitrogens with one attached hydrogen (secondary N) is 1. The van der Waals surface area contributed by atoms with E-state index in [1.165, 1.54) is 0 Å². The van der Waals surface area contributed by atoms with Gasteiger partial charge >= 0.3 is 0 Å². The van der Waals surface area contributed by atoms with E-state index in [1.54, 1.807) is 0 Å². The van der Waals surface area contributed by atoms with Crippen molar-refractivity contribution in [2.75, 3.05) is 6.61 Å². The number of rotatable bonds is 3. The first-order valence-electron chi connectivity index (χ1n) is 8.03. The molecule has 0 saturated heterocycles. The van der Waals surface area contributed by atoms with Gasteiger partial charge in [0, 0.05) is 23.4 Å². The predicted molar refractivity (Wildman–Crippen MR) is 88.7 cm³/mol. The number of hydrogen-bond donors (Lipinski definition) is 2. The molecule has 0 spiro atoms. The van der Waals surface area contributed by atoms with E-state index in [4.69, 9.17) is 10.5 Å². The van der Waals surface area contributed by atoms with E-state index in [0.29, 0.717) is 12.5 Å². The maximum atomic E-state index is 12.3. The summed E-state index contributed by atoms with van der Waals surface area (Å²) in [5.41, 5.74) is 7.99. The van der Waals surface area contributed by atoms with Gasteiger partial charge in [0.1, 0.15) is 5.75 Å². The Hall–Kier alpha value is -1.55. The monoisotopic (exact) mass is 304 g/mol. The first-order valence-corrected chi connectivity index (χ1v) is 8.03. The van der Waals surface area contributed by atoms with Crippen molar-refractivity contribution in [1.82, 2.24) is 5.32 Å². The van der Waals surface area contributed by atoms with Crippen LogP contribution < -0.4 is 15.8 Å². The number of fused-ring (bicyclic) bond motifs is 1. The van der Waals surface area contributed by atoms with Crippen molar-refractivity contribution in [2.45, 2.75) is 53.1 Å². The van der Waals surface area contributed by atoms with Gasteiger partial charge in [-0.25, -0.2) is 0 Å². The molecule has 2 rings (SSSR count). The summed E-state index contributed by atoms with van der Waals surface area (Å²) in [4.78, 5) is 12.3. The molecule has 3 N–H and O–H groups in total. The lowest BCUT2D eigenvalue weighted by atomic mass is 9.90. The highest BCUT2D eigenvalue weighted by Crippen LogP contribution is 2.35. The van der Waals surface area contributed by atoms with Crippen LogP contribution in [-0.4, -0.2) is 12.5 Å². The Morgan fingerprint density at radius 3 is 2.64 bits per heavy atom. The van der Waals surface area contributed by atoms with Gasteiger partial charge in [0.25, 0.3) is 0 Å². The van der Waals surface area contributed by atoms with Gasteiger partial charge in [0.15, 0.2) is 0 Å². The van der Waals surface area contributed by atoms with Crippen LogP contribution in [0, 0.1) is 11.3 Å². The molecule has 2 atom stereocenters. The highest BCUT2D eigenvalue weighted by atomic mass is 16.5. The topological polar surface area (TPSA) is 64.3 Å². The largest absolute Gasteiger partial charge is 0.493 e. The fourth-order valence-electron chi connectivity index (χ4n) is 2.53. The van der Waals surface area contributed by atoms with Gasteiger partial charge < -0.3 is 15.8 Å². The highest BCUT2D eigenvalue weighted by molar-refractivity contribution is 5.81. The Morgan fingerprint density at radius 1 is 1.36 bits per heavy atom. The minimum Gasteiger partial charge on any atom is -0.493 e. The van der Waals surface area contributed by atoms with Gasteiger partial charge in [0.2, 0.25) is 5.91 Å². The molecule has 0 aromatic heterocycles. The third-order valence-electron chi connectivity index (χ3n) is 4.16. The first-order chi connectivity index (χ1) is 10.2. The van der Waals surface area contributed by atoms with Gasteiger partial charge in [-0.3, -0.25) is 4.79 Å². The molecule has 1 amide bonds. The van der Waals surface area contributed by atoms with Crippen molar-refractivity contribution >= 4 is 5.91 Å². The number of hydrogen-bond acceptors (Lipinski definition) is 3. The van der Waals surface area contributed by atoms with Crippen LogP contribution in [0.4, 0.5) is 0 Å². The van der Waals surface area contributed by atoms with Gasteiger partial charge in [0.05, 0.1) is 12.6 Å². The van der Waals surface area contributed by atoms with Crippen LogP contribution in [0.3, 0.4) is 0 Å². The van der Waals surface area contributed by atoms with Crippen molar-refractivity contribution in [3.05, 3.63) is 29.3 Å². The Labute approximate surface area is 133 Å². The lowest BCUT2D eigenvalue weighted by Gasteiger charge is -2.30. The minimum absolute atomic E-state index is 0.00483. The number of ether oxygens (including phenoxy) is 1. The smallest absolute Gasteiger partial charge is 0.225 e. The molecule has 1 heterocycles. The quantitative estimate of drug-likeness (QED) is 0.900. The normalized spacial score (nSPS) is 19.3. The van der Waals surface area contributed by atoms with Crippen LogP contribution in [0.25, 0.3) is 0 Å². The molecule has 0 bridgehead atoms. The van der Waals surface area contributed by atoms with Crippen LogP contribution >= 0.6 is 0 Å². The third kappa shape index (κ3) is 3.61.